The second kappa shape index (κ2) is 19.6. The molecule has 9 rings (SSSR count). The maximum absolute atomic E-state index is 15.2. The van der Waals surface area contributed by atoms with E-state index in [-0.39, 0.29) is 60.3 Å². The molecule has 8 aromatic carbocycles. The van der Waals surface area contributed by atoms with E-state index in [4.69, 9.17) is 9.15 Å². The van der Waals surface area contributed by atoms with Gasteiger partial charge in [-0.15, -0.1) is 0 Å². The van der Waals surface area contributed by atoms with Crippen molar-refractivity contribution in [2.75, 3.05) is 0 Å². The number of ketones is 1. The van der Waals surface area contributed by atoms with Gasteiger partial charge in [0, 0.05) is 76.0 Å². The minimum Gasteiger partial charge on any atom is -0.506 e. The molecule has 13 heteroatoms. The van der Waals surface area contributed by atoms with Crippen LogP contribution in [0.3, 0.4) is 0 Å². The molecule has 319 valence electrons. The molecule has 1 N–H and O–H groups in total. The van der Waals surface area contributed by atoms with Gasteiger partial charge in [-0.2, -0.15) is 13.2 Å². The maximum atomic E-state index is 15.2. The monoisotopic (exact) mass is 1030 g/mol. The van der Waals surface area contributed by atoms with Crippen molar-refractivity contribution >= 4 is 73.6 Å². The summed E-state index contributed by atoms with van der Waals surface area (Å²) in [6, 6.07) is 62.5. The number of ether oxygens (including phenoxy) is 1. The average molecular weight is 1030 g/mol. The summed E-state index contributed by atoms with van der Waals surface area (Å²) in [6.45, 7) is 0. The Labute approximate surface area is 406 Å². The molecular weight excluding hydrogens is 995 g/mol. The van der Waals surface area contributed by atoms with E-state index in [2.05, 4.69) is 0 Å². The largest absolute Gasteiger partial charge is 0.506 e. The smallest absolute Gasteiger partial charge is 0.455 e. The number of carbonyl (C=O) groups is 1. The molecule has 9 aromatic rings. The molecule has 0 spiro atoms. The number of alkyl halides is 3. The molecule has 1 heterocycles. The van der Waals surface area contributed by atoms with Gasteiger partial charge in [0.2, 0.25) is 0 Å². The third kappa shape index (κ3) is 9.01. The van der Waals surface area contributed by atoms with Gasteiger partial charge in [-0.05, 0) is 35.7 Å². The van der Waals surface area contributed by atoms with Crippen molar-refractivity contribution < 1.29 is 90.7 Å². The van der Waals surface area contributed by atoms with E-state index in [1.807, 2.05) is 170 Å². The maximum Gasteiger partial charge on any atom is 0.455 e. The third-order valence-electron chi connectivity index (χ3n) is 10.4. The summed E-state index contributed by atoms with van der Waals surface area (Å²) in [5, 5.41) is 15.0. The van der Waals surface area contributed by atoms with Gasteiger partial charge in [0.15, 0.2) is 19.8 Å². The van der Waals surface area contributed by atoms with E-state index in [9.17, 15) is 27.9 Å². The SMILES string of the molecule is O=C(c1c(O)c2ccc3ccccc3c2oc1=O)C(F)(F)F.O=P(c1ccccc1)(c1ccccc1)c1ccccc1Oc1ccccc1P(=O)(c1ccccc1)c1ccccc1.[Eu]. The van der Waals surface area contributed by atoms with Crippen molar-refractivity contribution in [3.8, 4) is 17.2 Å². The van der Waals surface area contributed by atoms with E-state index in [0.29, 0.717) is 32.9 Å². The normalized spacial score (nSPS) is 11.5. The quantitative estimate of drug-likeness (QED) is 0.0664. The van der Waals surface area contributed by atoms with Crippen LogP contribution in [0.4, 0.5) is 13.2 Å². The molecule has 0 unspecified atom stereocenters. The molecule has 7 nitrogen and oxygen atoms in total. The van der Waals surface area contributed by atoms with E-state index in [0.717, 1.165) is 21.2 Å². The number of carbonyl (C=O) groups excluding carboxylic acids is 1. The zero-order valence-electron chi connectivity index (χ0n) is 33.4. The predicted molar refractivity (Wildman–Crippen MR) is 244 cm³/mol. The predicted octanol–water partition coefficient (Wildman–Crippen LogP) is 10.2. The van der Waals surface area contributed by atoms with Crippen LogP contribution < -0.4 is 42.2 Å². The molecule has 0 bridgehead atoms. The van der Waals surface area contributed by atoms with Crippen LogP contribution in [0.2, 0.25) is 0 Å². The number of hydrogen-bond acceptors (Lipinski definition) is 7. The molecule has 0 aliphatic heterocycles. The summed E-state index contributed by atoms with van der Waals surface area (Å²) in [4.78, 5) is 23.0. The van der Waals surface area contributed by atoms with Gasteiger partial charge in [0.25, 0.3) is 5.78 Å². The molecule has 1 aromatic heterocycles. The Hall–Kier alpha value is -5.67. The van der Waals surface area contributed by atoms with Crippen molar-refractivity contribution in [3.05, 3.63) is 222 Å². The Balaban J connectivity index is 0.000000225. The standard InChI is InChI=1S/C36H28O3P2.C15H7F3O4.Eu/c37-40(29-17-5-1-6-18-29,30-19-7-2-8-20-30)35-27-15-13-25-33(35)39-34-26-14-16-28-36(34)41(38,31-21-9-3-10-22-31)32-23-11-4-12-24-32;16-15(17,18)13(20)10-11(19)9-6-5-7-3-1-2-4-8(7)12(9)22-14(10)21;/h1-28H;1-6,19H;. The summed E-state index contributed by atoms with van der Waals surface area (Å²) in [5.41, 5.74) is -3.00. The van der Waals surface area contributed by atoms with Crippen LogP contribution in [0.25, 0.3) is 21.7 Å². The second-order valence-corrected chi connectivity index (χ2v) is 19.7. The van der Waals surface area contributed by atoms with Gasteiger partial charge in [-0.3, -0.25) is 4.79 Å². The number of para-hydroxylation sites is 2. The van der Waals surface area contributed by atoms with Gasteiger partial charge in [0.05, 0.1) is 16.0 Å². The molecule has 1 radical (unpaired) electrons. The molecule has 0 saturated heterocycles. The summed E-state index contributed by atoms with van der Waals surface area (Å²) in [7, 11) is -6.63. The number of benzene rings is 8. The van der Waals surface area contributed by atoms with Crippen molar-refractivity contribution in [2.45, 2.75) is 6.18 Å². The first-order chi connectivity index (χ1) is 30.4. The molecule has 64 heavy (non-hydrogen) atoms. The van der Waals surface area contributed by atoms with Crippen LogP contribution in [0, 0.1) is 49.4 Å². The molecule has 0 saturated carbocycles. The fourth-order valence-corrected chi connectivity index (χ4v) is 12.9. The van der Waals surface area contributed by atoms with Crippen LogP contribution in [0.1, 0.15) is 10.4 Å². The van der Waals surface area contributed by atoms with Crippen molar-refractivity contribution in [3.63, 3.8) is 0 Å². The Morgan fingerprint density at radius 3 is 1.30 bits per heavy atom. The Morgan fingerprint density at radius 2 is 0.875 bits per heavy atom. The fraction of sp³-hybridized carbons (Fsp3) is 0.0196. The molecule has 0 atom stereocenters. The second-order valence-electron chi connectivity index (χ2n) is 14.2. The number of hydrogen-bond donors (Lipinski definition) is 1. The number of rotatable bonds is 9. The van der Waals surface area contributed by atoms with Gasteiger partial charge in [0.1, 0.15) is 22.8 Å². The van der Waals surface area contributed by atoms with Crippen LogP contribution >= 0.6 is 14.3 Å². The van der Waals surface area contributed by atoms with Crippen molar-refractivity contribution in [2.24, 2.45) is 0 Å². The van der Waals surface area contributed by atoms with E-state index >= 15 is 9.13 Å². The minimum absolute atomic E-state index is 0. The van der Waals surface area contributed by atoms with Crippen molar-refractivity contribution in [1.29, 1.82) is 0 Å². The van der Waals surface area contributed by atoms with Crippen LogP contribution in [-0.2, 0) is 9.13 Å². The molecule has 0 amide bonds. The van der Waals surface area contributed by atoms with Gasteiger partial charge < -0.3 is 23.4 Å². The van der Waals surface area contributed by atoms with Gasteiger partial charge in [-0.25, -0.2) is 4.79 Å². The first kappa shape index (κ1) is 46.3. The van der Waals surface area contributed by atoms with Crippen LogP contribution in [0.5, 0.6) is 17.2 Å². The van der Waals surface area contributed by atoms with E-state index < -0.39 is 43.2 Å². The first-order valence-corrected chi connectivity index (χ1v) is 22.9. The first-order valence-electron chi connectivity index (χ1n) is 19.5. The number of halogens is 3. The molecule has 0 fully saturated rings. The fourth-order valence-electron chi connectivity index (χ4n) is 7.39. The Bertz CT molecular complexity index is 3030. The zero-order chi connectivity index (χ0) is 44.2. The van der Waals surface area contributed by atoms with E-state index in [1.165, 1.54) is 6.07 Å². The Kier molecular flexibility index (Phi) is 14.2. The van der Waals surface area contributed by atoms with Crippen LogP contribution in [0.15, 0.2) is 215 Å². The van der Waals surface area contributed by atoms with Crippen molar-refractivity contribution in [1.82, 2.24) is 0 Å². The summed E-state index contributed by atoms with van der Waals surface area (Å²) in [6.07, 6.45) is -5.28. The average Bonchev–Trinajstić information content (AvgIpc) is 3.32. The molecule has 0 aliphatic carbocycles. The van der Waals surface area contributed by atoms with Gasteiger partial charge >= 0.3 is 11.8 Å². The summed E-state index contributed by atoms with van der Waals surface area (Å²) in [5.74, 6) is -2.54. The third-order valence-corrected chi connectivity index (χ3v) is 16.6. The number of fused-ring (bicyclic) bond motifs is 3. The number of Topliss-reactive ketones (excluding diaryl/α,β-unsaturated/α-hetero) is 1. The van der Waals surface area contributed by atoms with Gasteiger partial charge in [-0.1, -0.05) is 176 Å². The summed E-state index contributed by atoms with van der Waals surface area (Å²) < 4.78 is 79.5. The topological polar surface area (TPSA) is 111 Å². The summed E-state index contributed by atoms with van der Waals surface area (Å²) >= 11 is 0. The molecular formula is C51H35EuF3O7P2. The Morgan fingerprint density at radius 1 is 0.500 bits per heavy atom. The van der Waals surface area contributed by atoms with Crippen LogP contribution in [-0.4, -0.2) is 17.1 Å². The molecule has 0 aliphatic rings. The minimum atomic E-state index is -5.28. The zero-order valence-corrected chi connectivity index (χ0v) is 37.6. The van der Waals surface area contributed by atoms with E-state index in [1.54, 1.807) is 30.3 Å². The number of aromatic hydroxyl groups is 1.